The first-order chi connectivity index (χ1) is 16.5. The third-order valence-corrected chi connectivity index (χ3v) is 8.61. The highest BCUT2D eigenvalue weighted by molar-refractivity contribution is 6.30. The molecule has 0 radical (unpaired) electrons. The van der Waals surface area contributed by atoms with Gasteiger partial charge in [-0.25, -0.2) is 0 Å². The van der Waals surface area contributed by atoms with Crippen molar-refractivity contribution in [2.45, 2.75) is 76.3 Å². The molecule has 1 saturated heterocycles. The van der Waals surface area contributed by atoms with Crippen LogP contribution in [-0.2, 0) is 16.0 Å². The van der Waals surface area contributed by atoms with Crippen LogP contribution >= 0.6 is 11.6 Å². The Morgan fingerprint density at radius 3 is 2.53 bits per heavy atom. The molecule has 5 nitrogen and oxygen atoms in total. The van der Waals surface area contributed by atoms with E-state index in [9.17, 15) is 9.59 Å². The highest BCUT2D eigenvalue weighted by Gasteiger charge is 2.47. The number of halogens is 1. The highest BCUT2D eigenvalue weighted by Crippen LogP contribution is 2.40. The third kappa shape index (κ3) is 5.00. The molecule has 3 fully saturated rings. The molecule has 2 aliphatic carbocycles. The van der Waals surface area contributed by atoms with Crippen molar-refractivity contribution in [1.82, 2.24) is 15.2 Å². The number of rotatable bonds is 6. The molecule has 1 N–H and O–H groups in total. The predicted octanol–water partition coefficient (Wildman–Crippen LogP) is 5.06. The molecule has 2 amide bonds. The smallest absolute Gasteiger partial charge is 0.223 e. The fourth-order valence-electron chi connectivity index (χ4n) is 6.33. The Hall–Kier alpha value is -2.40. The Morgan fingerprint density at radius 1 is 1.09 bits per heavy atom. The van der Waals surface area contributed by atoms with Gasteiger partial charge in [0.25, 0.3) is 0 Å². The van der Waals surface area contributed by atoms with Crippen molar-refractivity contribution >= 4 is 23.4 Å². The van der Waals surface area contributed by atoms with E-state index in [0.29, 0.717) is 18.3 Å². The molecule has 1 aromatic carbocycles. The van der Waals surface area contributed by atoms with Crippen LogP contribution < -0.4 is 5.32 Å². The molecule has 1 aliphatic heterocycles. The van der Waals surface area contributed by atoms with Gasteiger partial charge in [-0.05, 0) is 93.0 Å². The van der Waals surface area contributed by atoms with Crippen LogP contribution in [0.25, 0.3) is 0 Å². The summed E-state index contributed by atoms with van der Waals surface area (Å²) in [4.78, 5) is 32.3. The van der Waals surface area contributed by atoms with Crippen molar-refractivity contribution in [3.05, 3.63) is 64.4 Å². The van der Waals surface area contributed by atoms with Gasteiger partial charge in [0.1, 0.15) is 0 Å². The lowest BCUT2D eigenvalue weighted by Crippen LogP contribution is -2.49. The minimum Gasteiger partial charge on any atom is -0.353 e. The summed E-state index contributed by atoms with van der Waals surface area (Å²) in [5.74, 6) is 1.49. The highest BCUT2D eigenvalue weighted by atomic mass is 35.5. The monoisotopic (exact) mass is 479 g/mol. The van der Waals surface area contributed by atoms with E-state index in [1.807, 2.05) is 25.1 Å². The Labute approximate surface area is 207 Å². The molecule has 0 unspecified atom stereocenters. The van der Waals surface area contributed by atoms with E-state index < -0.39 is 0 Å². The van der Waals surface area contributed by atoms with E-state index in [2.05, 4.69) is 33.4 Å². The van der Waals surface area contributed by atoms with Crippen molar-refractivity contribution in [2.24, 2.45) is 11.8 Å². The topological polar surface area (TPSA) is 62.3 Å². The van der Waals surface area contributed by atoms with Gasteiger partial charge in [-0.15, -0.1) is 0 Å². The maximum atomic E-state index is 13.0. The molecular weight excluding hydrogens is 446 g/mol. The summed E-state index contributed by atoms with van der Waals surface area (Å²) < 4.78 is 0. The summed E-state index contributed by atoms with van der Waals surface area (Å²) in [5, 5.41) is 4.13. The number of benzene rings is 1. The molecule has 3 aliphatic rings. The number of carbonyl (C=O) groups excluding carboxylic acids is 2. The second kappa shape index (κ2) is 10.1. The summed E-state index contributed by atoms with van der Waals surface area (Å²) in [6, 6.07) is 12.6. The van der Waals surface area contributed by atoms with E-state index in [1.165, 1.54) is 5.56 Å². The zero-order valence-electron chi connectivity index (χ0n) is 19.9. The normalized spacial score (nSPS) is 28.2. The molecular formula is C28H34ClN3O2. The number of amides is 2. The van der Waals surface area contributed by atoms with E-state index in [0.717, 1.165) is 67.8 Å². The van der Waals surface area contributed by atoms with Crippen LogP contribution in [-0.4, -0.2) is 40.3 Å². The van der Waals surface area contributed by atoms with Crippen LogP contribution in [0.5, 0.6) is 0 Å². The Morgan fingerprint density at radius 2 is 1.85 bits per heavy atom. The molecule has 180 valence electrons. The minimum atomic E-state index is 0.114. The van der Waals surface area contributed by atoms with Gasteiger partial charge in [-0.1, -0.05) is 29.8 Å². The molecule has 1 aromatic heterocycles. The third-order valence-electron chi connectivity index (χ3n) is 8.35. The number of nitrogens with one attached hydrogen (secondary N) is 1. The first kappa shape index (κ1) is 23.3. The number of piperidine rings is 1. The Balaban J connectivity index is 1.07. The summed E-state index contributed by atoms with van der Waals surface area (Å²) >= 11 is 6.02. The van der Waals surface area contributed by atoms with Gasteiger partial charge < -0.3 is 10.2 Å². The summed E-state index contributed by atoms with van der Waals surface area (Å²) in [5.41, 5.74) is 3.49. The zero-order valence-corrected chi connectivity index (χ0v) is 20.6. The van der Waals surface area contributed by atoms with Gasteiger partial charge in [0.15, 0.2) is 0 Å². The number of nitrogens with zero attached hydrogens (tertiary/aromatic N) is 2. The molecule has 3 atom stereocenters. The fourth-order valence-corrected chi connectivity index (χ4v) is 6.45. The van der Waals surface area contributed by atoms with E-state index in [4.69, 9.17) is 11.6 Å². The molecule has 0 spiro atoms. The van der Waals surface area contributed by atoms with Crippen LogP contribution in [0, 0.1) is 18.8 Å². The van der Waals surface area contributed by atoms with Crippen LogP contribution in [0.4, 0.5) is 0 Å². The SMILES string of the molecule is Cc1ncccc1CCC(=O)N1C[C@H]2C[C@@H]1C[C@H]2NC(=O)C1CCC(c2ccc(Cl)cc2)CC1. The van der Waals surface area contributed by atoms with Crippen molar-refractivity contribution in [1.29, 1.82) is 0 Å². The number of hydrogen-bond acceptors (Lipinski definition) is 3. The number of aromatic nitrogens is 1. The van der Waals surface area contributed by atoms with Crippen LogP contribution in [0.2, 0.25) is 5.02 Å². The largest absolute Gasteiger partial charge is 0.353 e. The first-order valence-electron chi connectivity index (χ1n) is 12.7. The van der Waals surface area contributed by atoms with Crippen molar-refractivity contribution in [2.75, 3.05) is 6.54 Å². The predicted molar refractivity (Wildman–Crippen MR) is 134 cm³/mol. The molecule has 2 saturated carbocycles. The average Bonchev–Trinajstić information content (AvgIpc) is 3.45. The second-order valence-electron chi connectivity index (χ2n) is 10.4. The van der Waals surface area contributed by atoms with Gasteiger partial charge in [-0.2, -0.15) is 0 Å². The second-order valence-corrected chi connectivity index (χ2v) is 10.8. The molecule has 5 rings (SSSR count). The van der Waals surface area contributed by atoms with Gasteiger partial charge in [0.2, 0.25) is 11.8 Å². The van der Waals surface area contributed by atoms with Crippen LogP contribution in [0.3, 0.4) is 0 Å². The standard InChI is InChI=1S/C28H34ClN3O2/c1-18-19(3-2-14-30-18)10-13-27(33)32-17-23-15-25(32)16-26(23)31-28(34)22-6-4-20(5-7-22)21-8-11-24(29)12-9-21/h2-3,8-9,11-12,14,20,22-23,25-26H,4-7,10,13,15-17H2,1H3,(H,31,34)/t20?,22?,23-,25-,26-/m1/s1. The maximum Gasteiger partial charge on any atom is 0.223 e. The Kier molecular flexibility index (Phi) is 6.91. The molecule has 2 heterocycles. The quantitative estimate of drug-likeness (QED) is 0.630. The average molecular weight is 480 g/mol. The van der Waals surface area contributed by atoms with Crippen LogP contribution in [0.1, 0.15) is 67.7 Å². The van der Waals surface area contributed by atoms with E-state index in [1.54, 1.807) is 6.20 Å². The number of hydrogen-bond donors (Lipinski definition) is 1. The number of fused-ring (bicyclic) bond motifs is 2. The summed E-state index contributed by atoms with van der Waals surface area (Å²) in [7, 11) is 0. The lowest BCUT2D eigenvalue weighted by Gasteiger charge is -2.34. The first-order valence-corrected chi connectivity index (χ1v) is 13.1. The lowest BCUT2D eigenvalue weighted by atomic mass is 9.78. The minimum absolute atomic E-state index is 0.114. The molecule has 2 aromatic rings. The molecule has 6 heteroatoms. The maximum absolute atomic E-state index is 13.0. The van der Waals surface area contributed by atoms with Crippen molar-refractivity contribution in [3.8, 4) is 0 Å². The Bertz CT molecular complexity index is 1030. The van der Waals surface area contributed by atoms with Gasteiger partial charge in [0, 0.05) is 47.9 Å². The summed E-state index contributed by atoms with van der Waals surface area (Å²) in [6.07, 6.45) is 8.97. The zero-order chi connectivity index (χ0) is 23.7. The van der Waals surface area contributed by atoms with Crippen LogP contribution in [0.15, 0.2) is 42.6 Å². The van der Waals surface area contributed by atoms with Crippen molar-refractivity contribution in [3.63, 3.8) is 0 Å². The van der Waals surface area contributed by atoms with Gasteiger partial charge >= 0.3 is 0 Å². The lowest BCUT2D eigenvalue weighted by molar-refractivity contribution is -0.133. The number of likely N-dealkylation sites (tertiary alicyclic amines) is 1. The molecule has 2 bridgehead atoms. The number of pyridine rings is 1. The van der Waals surface area contributed by atoms with E-state index in [-0.39, 0.29) is 29.8 Å². The van der Waals surface area contributed by atoms with Gasteiger partial charge in [-0.3, -0.25) is 14.6 Å². The fraction of sp³-hybridized carbons (Fsp3) is 0.536. The number of carbonyl (C=O) groups is 2. The summed E-state index contributed by atoms with van der Waals surface area (Å²) in [6.45, 7) is 2.78. The van der Waals surface area contributed by atoms with Crippen molar-refractivity contribution < 1.29 is 9.59 Å². The number of aryl methyl sites for hydroxylation is 2. The van der Waals surface area contributed by atoms with E-state index >= 15 is 0 Å². The molecule has 34 heavy (non-hydrogen) atoms. The van der Waals surface area contributed by atoms with Gasteiger partial charge in [0.05, 0.1) is 0 Å².